The quantitative estimate of drug-likeness (QED) is 0.852. The lowest BCUT2D eigenvalue weighted by Crippen LogP contribution is -2.43. The smallest absolute Gasteiger partial charge is 0.143 e. The molecule has 1 aliphatic rings. The van der Waals surface area contributed by atoms with E-state index >= 15 is 0 Å². The van der Waals surface area contributed by atoms with Crippen LogP contribution in [0, 0.1) is 11.7 Å². The van der Waals surface area contributed by atoms with Gasteiger partial charge in [0, 0.05) is 10.9 Å². The van der Waals surface area contributed by atoms with E-state index in [0.717, 1.165) is 17.5 Å². The first-order chi connectivity index (χ1) is 8.61. The Morgan fingerprint density at radius 1 is 1.33 bits per heavy atom. The van der Waals surface area contributed by atoms with Gasteiger partial charge in [0.1, 0.15) is 12.1 Å². The van der Waals surface area contributed by atoms with Crippen LogP contribution in [0.2, 0.25) is 0 Å². The molecule has 2 rings (SSSR count). The van der Waals surface area contributed by atoms with Gasteiger partial charge in [0.25, 0.3) is 0 Å². The van der Waals surface area contributed by atoms with Gasteiger partial charge in [-0.1, -0.05) is 13.8 Å². The Balaban J connectivity index is 2.21. The zero-order chi connectivity index (χ0) is 13.1. The molecule has 2 atom stereocenters. The molecule has 1 heterocycles. The molecular weight excluding hydrogens is 249 g/mol. The summed E-state index contributed by atoms with van der Waals surface area (Å²) in [6, 6.07) is 6.08. The van der Waals surface area contributed by atoms with Gasteiger partial charge in [0.2, 0.25) is 0 Å². The fraction of sp³-hybridized carbons (Fsp3) is 0.357. The van der Waals surface area contributed by atoms with Crippen molar-refractivity contribution in [3.63, 3.8) is 0 Å². The Labute approximate surface area is 111 Å². The van der Waals surface area contributed by atoms with E-state index in [4.69, 9.17) is 0 Å². The molecule has 1 aromatic carbocycles. The average Bonchev–Trinajstić information content (AvgIpc) is 2.38. The van der Waals surface area contributed by atoms with Gasteiger partial charge >= 0.3 is 0 Å². The predicted molar refractivity (Wildman–Crippen MR) is 73.6 cm³/mol. The van der Waals surface area contributed by atoms with Crippen LogP contribution in [0.25, 0.3) is 5.70 Å². The van der Waals surface area contributed by atoms with Crippen molar-refractivity contribution in [2.24, 2.45) is 5.92 Å². The van der Waals surface area contributed by atoms with Gasteiger partial charge in [0.15, 0.2) is 0 Å². The van der Waals surface area contributed by atoms with E-state index in [9.17, 15) is 9.18 Å². The summed E-state index contributed by atoms with van der Waals surface area (Å²) in [4.78, 5) is 11.1. The van der Waals surface area contributed by atoms with Gasteiger partial charge in [-0.25, -0.2) is 4.39 Å². The van der Waals surface area contributed by atoms with Crippen molar-refractivity contribution in [2.75, 3.05) is 0 Å². The highest BCUT2D eigenvalue weighted by molar-refractivity contribution is 8.03. The molecule has 1 N–H and O–H groups in total. The van der Waals surface area contributed by atoms with Gasteiger partial charge in [-0.15, -0.1) is 11.8 Å². The highest BCUT2D eigenvalue weighted by atomic mass is 32.2. The van der Waals surface area contributed by atoms with Crippen molar-refractivity contribution in [3.05, 3.63) is 41.1 Å². The van der Waals surface area contributed by atoms with E-state index in [1.807, 2.05) is 5.41 Å². The maximum atomic E-state index is 12.9. The van der Waals surface area contributed by atoms with Crippen LogP contribution in [0.3, 0.4) is 0 Å². The van der Waals surface area contributed by atoms with Crippen molar-refractivity contribution >= 4 is 23.7 Å². The van der Waals surface area contributed by atoms with E-state index in [0.29, 0.717) is 5.92 Å². The fourth-order valence-corrected chi connectivity index (χ4v) is 3.10. The number of hydrogen-bond donors (Lipinski definition) is 1. The molecule has 4 heteroatoms. The molecule has 96 valence electrons. The summed E-state index contributed by atoms with van der Waals surface area (Å²) < 4.78 is 12.9. The van der Waals surface area contributed by atoms with Crippen LogP contribution in [0.1, 0.15) is 19.4 Å². The highest BCUT2D eigenvalue weighted by Gasteiger charge is 2.28. The minimum Gasteiger partial charge on any atom is -0.374 e. The van der Waals surface area contributed by atoms with Gasteiger partial charge in [-0.2, -0.15) is 0 Å². The first kappa shape index (κ1) is 13.1. The molecule has 1 aromatic rings. The Morgan fingerprint density at radius 2 is 2.00 bits per heavy atom. The Hall–Kier alpha value is -1.29. The number of thioether (sulfide) groups is 1. The van der Waals surface area contributed by atoms with Crippen molar-refractivity contribution in [2.45, 2.75) is 25.1 Å². The lowest BCUT2D eigenvalue weighted by molar-refractivity contribution is -0.109. The molecule has 0 radical (unpaired) electrons. The molecule has 0 spiro atoms. The van der Waals surface area contributed by atoms with E-state index < -0.39 is 0 Å². The largest absolute Gasteiger partial charge is 0.374 e. The number of rotatable bonds is 3. The first-order valence-corrected chi connectivity index (χ1v) is 6.89. The zero-order valence-corrected chi connectivity index (χ0v) is 11.2. The Kier molecular flexibility index (Phi) is 4.07. The fourth-order valence-electron chi connectivity index (χ4n) is 1.99. The predicted octanol–water partition coefficient (Wildman–Crippen LogP) is 3.05. The summed E-state index contributed by atoms with van der Waals surface area (Å²) in [7, 11) is 0. The van der Waals surface area contributed by atoms with Gasteiger partial charge < -0.3 is 10.1 Å². The van der Waals surface area contributed by atoms with E-state index in [1.165, 1.54) is 12.1 Å². The second-order valence-electron chi connectivity index (χ2n) is 4.69. The standard InChI is InChI=1S/C14H16FNOS/c1-9(2)14-12(7-17)16-13(8-18-14)10-3-5-11(15)6-4-10/h3-9,12,14,16H,1-2H3. The van der Waals surface area contributed by atoms with Crippen LogP contribution in [0.4, 0.5) is 4.39 Å². The molecule has 0 aromatic heterocycles. The van der Waals surface area contributed by atoms with Crippen LogP contribution in [0.5, 0.6) is 0 Å². The molecule has 0 saturated carbocycles. The maximum Gasteiger partial charge on any atom is 0.143 e. The van der Waals surface area contributed by atoms with E-state index in [1.54, 1.807) is 23.9 Å². The van der Waals surface area contributed by atoms with Crippen LogP contribution >= 0.6 is 11.8 Å². The zero-order valence-electron chi connectivity index (χ0n) is 10.4. The number of hydrogen-bond acceptors (Lipinski definition) is 3. The van der Waals surface area contributed by atoms with Crippen molar-refractivity contribution in [3.8, 4) is 0 Å². The molecular formula is C14H16FNOS. The average molecular weight is 265 g/mol. The summed E-state index contributed by atoms with van der Waals surface area (Å²) in [6.07, 6.45) is 0.953. The third-order valence-electron chi connectivity index (χ3n) is 2.98. The SMILES string of the molecule is CC(C)C1SC=C(c2ccc(F)cc2)NC1C=O. The van der Waals surface area contributed by atoms with Crippen molar-refractivity contribution in [1.82, 2.24) is 5.32 Å². The normalized spacial score (nSPS) is 23.4. The first-order valence-electron chi connectivity index (χ1n) is 5.95. The summed E-state index contributed by atoms with van der Waals surface area (Å²) in [5.41, 5.74) is 1.78. The molecule has 0 bridgehead atoms. The molecule has 0 fully saturated rings. The third kappa shape index (κ3) is 2.75. The maximum absolute atomic E-state index is 12.9. The molecule has 1 aliphatic heterocycles. The van der Waals surface area contributed by atoms with Gasteiger partial charge in [-0.3, -0.25) is 0 Å². The number of aldehydes is 1. The van der Waals surface area contributed by atoms with Crippen LogP contribution in [-0.2, 0) is 4.79 Å². The molecule has 0 saturated heterocycles. The number of carbonyl (C=O) groups excluding carboxylic acids is 1. The number of benzene rings is 1. The van der Waals surface area contributed by atoms with E-state index in [2.05, 4.69) is 19.2 Å². The van der Waals surface area contributed by atoms with Crippen molar-refractivity contribution in [1.29, 1.82) is 0 Å². The van der Waals surface area contributed by atoms with Crippen LogP contribution in [0.15, 0.2) is 29.7 Å². The summed E-state index contributed by atoms with van der Waals surface area (Å²) in [5, 5.41) is 5.47. The molecule has 18 heavy (non-hydrogen) atoms. The number of halogens is 1. The summed E-state index contributed by atoms with van der Waals surface area (Å²) >= 11 is 1.66. The number of carbonyl (C=O) groups is 1. The monoisotopic (exact) mass is 265 g/mol. The minimum absolute atomic E-state index is 0.194. The Bertz CT molecular complexity index is 455. The van der Waals surface area contributed by atoms with Crippen LogP contribution in [-0.4, -0.2) is 17.6 Å². The lowest BCUT2D eigenvalue weighted by Gasteiger charge is -2.31. The molecule has 0 amide bonds. The minimum atomic E-state index is -0.255. The van der Waals surface area contributed by atoms with Crippen LogP contribution < -0.4 is 5.32 Å². The Morgan fingerprint density at radius 3 is 2.56 bits per heavy atom. The number of nitrogens with one attached hydrogen (secondary N) is 1. The molecule has 0 aliphatic carbocycles. The third-order valence-corrected chi connectivity index (χ3v) is 4.50. The van der Waals surface area contributed by atoms with Gasteiger partial charge in [0.05, 0.1) is 6.04 Å². The summed E-state index contributed by atoms with van der Waals surface area (Å²) in [5.74, 6) is 0.165. The second-order valence-corrected chi connectivity index (χ2v) is 5.74. The topological polar surface area (TPSA) is 29.1 Å². The van der Waals surface area contributed by atoms with Crippen molar-refractivity contribution < 1.29 is 9.18 Å². The highest BCUT2D eigenvalue weighted by Crippen LogP contribution is 2.31. The molecule has 2 unspecified atom stereocenters. The molecule has 2 nitrogen and oxygen atoms in total. The summed E-state index contributed by atoms with van der Waals surface area (Å²) in [6.45, 7) is 4.21. The van der Waals surface area contributed by atoms with Gasteiger partial charge in [-0.05, 0) is 41.2 Å². The second kappa shape index (κ2) is 5.57. The van der Waals surface area contributed by atoms with E-state index in [-0.39, 0.29) is 17.1 Å². The lowest BCUT2D eigenvalue weighted by atomic mass is 10.0.